The van der Waals surface area contributed by atoms with Gasteiger partial charge in [0, 0.05) is 12.6 Å². The minimum atomic E-state index is -0.187. The van der Waals surface area contributed by atoms with E-state index in [1.165, 1.54) is 12.7 Å². The number of rotatable bonds is 4. The maximum absolute atomic E-state index is 11.4. The van der Waals surface area contributed by atoms with Gasteiger partial charge in [-0.15, -0.1) is 0 Å². The van der Waals surface area contributed by atoms with Crippen molar-refractivity contribution in [1.29, 1.82) is 0 Å². The van der Waals surface area contributed by atoms with Gasteiger partial charge in [0.25, 0.3) is 0 Å². The fourth-order valence-electron chi connectivity index (χ4n) is 2.46. The Hall–Kier alpha value is -1.39. The topological polar surface area (TPSA) is 55.6 Å². The van der Waals surface area contributed by atoms with Crippen LogP contribution in [0, 0.1) is 0 Å². The van der Waals surface area contributed by atoms with Gasteiger partial charge in [-0.25, -0.2) is 0 Å². The van der Waals surface area contributed by atoms with Crippen LogP contribution in [-0.2, 0) is 22.5 Å². The first kappa shape index (κ1) is 14.0. The number of nitrogens with two attached hydrogens (primary N) is 1. The Morgan fingerprint density at radius 2 is 1.95 bits per heavy atom. The lowest BCUT2D eigenvalue weighted by atomic mass is 10.0. The fraction of sp³-hybridized carbons (Fsp3) is 0.533. The van der Waals surface area contributed by atoms with Gasteiger partial charge in [-0.1, -0.05) is 24.3 Å². The molecule has 1 fully saturated rings. The average Bonchev–Trinajstić information content (AvgIpc) is 2.43. The molecule has 0 unspecified atom stereocenters. The van der Waals surface area contributed by atoms with Crippen molar-refractivity contribution in [2.75, 3.05) is 20.2 Å². The van der Waals surface area contributed by atoms with E-state index in [4.69, 9.17) is 10.5 Å². The summed E-state index contributed by atoms with van der Waals surface area (Å²) < 4.78 is 4.74. The van der Waals surface area contributed by atoms with Crippen LogP contribution in [0.2, 0.25) is 0 Å². The van der Waals surface area contributed by atoms with Gasteiger partial charge in [0.15, 0.2) is 0 Å². The zero-order valence-electron chi connectivity index (χ0n) is 11.5. The van der Waals surface area contributed by atoms with Crippen molar-refractivity contribution in [2.24, 2.45) is 5.73 Å². The van der Waals surface area contributed by atoms with Crippen LogP contribution in [0.4, 0.5) is 0 Å². The molecular formula is C15H22N2O2. The standard InChI is InChI=1S/C15H22N2O2/c1-19-15(18)10-12-4-2-3-5-13(12)11-17-8-6-14(16)7-9-17/h2-5,14H,6-11,16H2,1H3. The Bertz CT molecular complexity index is 426. The van der Waals surface area contributed by atoms with Crippen LogP contribution < -0.4 is 5.73 Å². The lowest BCUT2D eigenvalue weighted by Crippen LogP contribution is -2.39. The molecule has 104 valence electrons. The minimum Gasteiger partial charge on any atom is -0.469 e. The second kappa shape index (κ2) is 6.68. The number of ether oxygens (including phenoxy) is 1. The summed E-state index contributed by atoms with van der Waals surface area (Å²) in [5.41, 5.74) is 8.19. The molecule has 1 aromatic carbocycles. The zero-order chi connectivity index (χ0) is 13.7. The number of hydrogen-bond acceptors (Lipinski definition) is 4. The maximum atomic E-state index is 11.4. The molecule has 0 radical (unpaired) electrons. The van der Waals surface area contributed by atoms with Crippen molar-refractivity contribution >= 4 is 5.97 Å². The zero-order valence-corrected chi connectivity index (χ0v) is 11.5. The van der Waals surface area contributed by atoms with Crippen molar-refractivity contribution in [1.82, 2.24) is 4.90 Å². The summed E-state index contributed by atoms with van der Waals surface area (Å²) in [4.78, 5) is 13.8. The van der Waals surface area contributed by atoms with E-state index in [9.17, 15) is 4.79 Å². The molecule has 1 aromatic rings. The summed E-state index contributed by atoms with van der Waals surface area (Å²) >= 11 is 0. The van der Waals surface area contributed by atoms with Gasteiger partial charge in [-0.3, -0.25) is 9.69 Å². The molecule has 2 N–H and O–H groups in total. The van der Waals surface area contributed by atoms with Gasteiger partial charge in [-0.05, 0) is 37.1 Å². The van der Waals surface area contributed by atoms with Crippen molar-refractivity contribution in [3.05, 3.63) is 35.4 Å². The van der Waals surface area contributed by atoms with Gasteiger partial charge >= 0.3 is 5.97 Å². The summed E-state index contributed by atoms with van der Waals surface area (Å²) in [7, 11) is 1.43. The number of methoxy groups -OCH3 is 1. The lowest BCUT2D eigenvalue weighted by molar-refractivity contribution is -0.139. The van der Waals surface area contributed by atoms with Gasteiger partial charge in [0.05, 0.1) is 13.5 Å². The van der Waals surface area contributed by atoms with Crippen LogP contribution in [0.3, 0.4) is 0 Å². The molecule has 19 heavy (non-hydrogen) atoms. The molecule has 0 spiro atoms. The third kappa shape index (κ3) is 4.04. The van der Waals surface area contributed by atoms with E-state index in [0.717, 1.165) is 38.0 Å². The molecule has 0 amide bonds. The summed E-state index contributed by atoms with van der Waals surface area (Å²) in [5.74, 6) is -0.187. The fourth-order valence-corrected chi connectivity index (χ4v) is 2.46. The van der Waals surface area contributed by atoms with Gasteiger partial charge < -0.3 is 10.5 Å². The number of nitrogens with zero attached hydrogens (tertiary/aromatic N) is 1. The summed E-state index contributed by atoms with van der Waals surface area (Å²) in [6.45, 7) is 2.96. The first-order valence-electron chi connectivity index (χ1n) is 6.80. The third-order valence-corrected chi connectivity index (χ3v) is 3.71. The highest BCUT2D eigenvalue weighted by Crippen LogP contribution is 2.16. The highest BCUT2D eigenvalue weighted by Gasteiger charge is 2.17. The number of esters is 1. The Morgan fingerprint density at radius 3 is 2.58 bits per heavy atom. The number of benzene rings is 1. The summed E-state index contributed by atoms with van der Waals surface area (Å²) in [5, 5.41) is 0. The lowest BCUT2D eigenvalue weighted by Gasteiger charge is -2.30. The Labute approximate surface area is 114 Å². The molecule has 1 aliphatic rings. The van der Waals surface area contributed by atoms with Crippen LogP contribution in [0.1, 0.15) is 24.0 Å². The predicted molar refractivity (Wildman–Crippen MR) is 74.6 cm³/mol. The van der Waals surface area contributed by atoms with Crippen LogP contribution in [0.15, 0.2) is 24.3 Å². The minimum absolute atomic E-state index is 0.187. The van der Waals surface area contributed by atoms with E-state index in [0.29, 0.717) is 12.5 Å². The monoisotopic (exact) mass is 262 g/mol. The van der Waals surface area contributed by atoms with E-state index >= 15 is 0 Å². The quantitative estimate of drug-likeness (QED) is 0.832. The van der Waals surface area contributed by atoms with Gasteiger partial charge in [0.1, 0.15) is 0 Å². The highest BCUT2D eigenvalue weighted by molar-refractivity contribution is 5.72. The number of piperidine rings is 1. The van der Waals surface area contributed by atoms with Crippen LogP contribution in [0.5, 0.6) is 0 Å². The largest absolute Gasteiger partial charge is 0.469 e. The maximum Gasteiger partial charge on any atom is 0.309 e. The average molecular weight is 262 g/mol. The molecule has 2 rings (SSSR count). The number of likely N-dealkylation sites (tertiary alicyclic amines) is 1. The second-order valence-electron chi connectivity index (χ2n) is 5.14. The molecule has 0 bridgehead atoms. The van der Waals surface area contributed by atoms with Crippen molar-refractivity contribution < 1.29 is 9.53 Å². The molecule has 0 aliphatic carbocycles. The molecule has 1 saturated heterocycles. The van der Waals surface area contributed by atoms with E-state index in [2.05, 4.69) is 11.0 Å². The smallest absolute Gasteiger partial charge is 0.309 e. The molecule has 1 heterocycles. The van der Waals surface area contributed by atoms with Crippen molar-refractivity contribution in [2.45, 2.75) is 31.8 Å². The number of hydrogen-bond donors (Lipinski definition) is 1. The molecule has 1 aliphatic heterocycles. The van der Waals surface area contributed by atoms with Gasteiger partial charge in [0.2, 0.25) is 0 Å². The molecule has 0 saturated carbocycles. The van der Waals surface area contributed by atoms with Crippen molar-refractivity contribution in [3.8, 4) is 0 Å². The molecule has 4 nitrogen and oxygen atoms in total. The van der Waals surface area contributed by atoms with E-state index in [1.807, 2.05) is 18.2 Å². The predicted octanol–water partition coefficient (Wildman–Crippen LogP) is 1.33. The molecule has 0 atom stereocenters. The van der Waals surface area contributed by atoms with Crippen LogP contribution >= 0.6 is 0 Å². The Morgan fingerprint density at radius 1 is 1.32 bits per heavy atom. The summed E-state index contributed by atoms with van der Waals surface area (Å²) in [6.07, 6.45) is 2.46. The van der Waals surface area contributed by atoms with E-state index in [-0.39, 0.29) is 5.97 Å². The highest BCUT2D eigenvalue weighted by atomic mass is 16.5. The second-order valence-corrected chi connectivity index (χ2v) is 5.14. The van der Waals surface area contributed by atoms with Crippen LogP contribution in [0.25, 0.3) is 0 Å². The normalized spacial score (nSPS) is 17.4. The van der Waals surface area contributed by atoms with E-state index in [1.54, 1.807) is 0 Å². The Kier molecular flexibility index (Phi) is 4.93. The first-order chi connectivity index (χ1) is 9.19. The Balaban J connectivity index is 2.01. The first-order valence-corrected chi connectivity index (χ1v) is 6.80. The third-order valence-electron chi connectivity index (χ3n) is 3.71. The molecule has 4 heteroatoms. The van der Waals surface area contributed by atoms with E-state index < -0.39 is 0 Å². The number of carbonyl (C=O) groups excluding carboxylic acids is 1. The number of carbonyl (C=O) groups is 1. The SMILES string of the molecule is COC(=O)Cc1ccccc1CN1CCC(N)CC1. The van der Waals surface area contributed by atoms with Crippen LogP contribution in [-0.4, -0.2) is 37.1 Å². The van der Waals surface area contributed by atoms with Crippen molar-refractivity contribution in [3.63, 3.8) is 0 Å². The summed E-state index contributed by atoms with van der Waals surface area (Å²) in [6, 6.07) is 8.43. The molecule has 0 aromatic heterocycles. The molecular weight excluding hydrogens is 240 g/mol. The van der Waals surface area contributed by atoms with Gasteiger partial charge in [-0.2, -0.15) is 0 Å².